The van der Waals surface area contributed by atoms with Gasteiger partial charge in [-0.15, -0.1) is 0 Å². The van der Waals surface area contributed by atoms with Gasteiger partial charge in [0, 0.05) is 6.20 Å². The van der Waals surface area contributed by atoms with E-state index in [1.807, 2.05) is 0 Å². The lowest BCUT2D eigenvalue weighted by Crippen LogP contribution is -2.39. The van der Waals surface area contributed by atoms with Crippen LogP contribution in [0.5, 0.6) is 0 Å². The second-order valence-corrected chi connectivity index (χ2v) is 1.59. The molecule has 0 saturated heterocycles. The van der Waals surface area contributed by atoms with Gasteiger partial charge in [-0.2, -0.15) is 0 Å². The van der Waals surface area contributed by atoms with Gasteiger partial charge in [0.1, 0.15) is 5.76 Å². The number of amides is 2. The molecule has 0 fully saturated rings. The van der Waals surface area contributed by atoms with Gasteiger partial charge >= 0.3 is 6.03 Å². The van der Waals surface area contributed by atoms with Crippen molar-refractivity contribution in [2.24, 2.45) is 5.73 Å². The van der Waals surface area contributed by atoms with Crippen LogP contribution in [0.2, 0.25) is 0 Å². The summed E-state index contributed by atoms with van der Waals surface area (Å²) < 4.78 is 0. The number of carbonyl (C=O) groups is 1. The Labute approximate surface area is 46.2 Å². The Morgan fingerprint density at radius 2 is 2.50 bits per heavy atom. The summed E-state index contributed by atoms with van der Waals surface area (Å²) >= 11 is 0. The van der Waals surface area contributed by atoms with Crippen molar-refractivity contribution in [3.8, 4) is 0 Å². The lowest BCUT2D eigenvalue weighted by atomic mass is 10.3. The van der Waals surface area contributed by atoms with Gasteiger partial charge in [-0.3, -0.25) is 4.90 Å². The van der Waals surface area contributed by atoms with Crippen LogP contribution in [0.4, 0.5) is 4.79 Å². The molecule has 0 aromatic rings. The molecule has 0 spiro atoms. The summed E-state index contributed by atoms with van der Waals surface area (Å²) in [5.41, 5.74) is 4.79. The molecule has 2 amide bonds. The summed E-state index contributed by atoms with van der Waals surface area (Å²) in [5, 5.41) is 8.48. The monoisotopic (exact) mass is 114 g/mol. The number of nitrogens with zero attached hydrogens (tertiary/aromatic N) is 1. The lowest BCUT2D eigenvalue weighted by Gasteiger charge is -2.22. The molecule has 4 heteroatoms. The first-order valence-corrected chi connectivity index (χ1v) is 2.16. The molecule has 3 N–H and O–H groups in total. The minimum atomic E-state index is -0.525. The quantitative estimate of drug-likeness (QED) is 0.457. The average Bonchev–Trinajstić information content (AvgIpc) is 1.57. The largest absolute Gasteiger partial charge is 0.509 e. The molecule has 0 unspecified atom stereocenters. The Morgan fingerprint density at radius 3 is 2.62 bits per heavy atom. The third-order valence-corrected chi connectivity index (χ3v) is 0.920. The van der Waals surface area contributed by atoms with Crippen molar-refractivity contribution in [1.29, 1.82) is 0 Å². The number of aliphatic hydroxyl groups is 1. The van der Waals surface area contributed by atoms with Crippen molar-refractivity contribution in [2.45, 2.75) is 0 Å². The second-order valence-electron chi connectivity index (χ2n) is 1.59. The molecule has 0 aromatic heterocycles. The molecule has 0 radical (unpaired) electrons. The molecule has 4 nitrogen and oxygen atoms in total. The number of hydrogen-bond acceptors (Lipinski definition) is 2. The molecular formula is C4H6N2O2. The number of carbonyl (C=O) groups excluding carboxylic acids is 1. The van der Waals surface area contributed by atoms with Crippen molar-refractivity contribution in [1.82, 2.24) is 4.90 Å². The van der Waals surface area contributed by atoms with Crippen molar-refractivity contribution in [2.75, 3.05) is 6.54 Å². The number of hydrogen-bond donors (Lipinski definition) is 2. The van der Waals surface area contributed by atoms with E-state index in [0.717, 1.165) is 0 Å². The Bertz CT molecular complexity index is 152. The first kappa shape index (κ1) is 4.96. The zero-order valence-electron chi connectivity index (χ0n) is 4.16. The minimum Gasteiger partial charge on any atom is -0.509 e. The molecule has 0 aromatic carbocycles. The van der Waals surface area contributed by atoms with Gasteiger partial charge in [-0.25, -0.2) is 4.79 Å². The number of urea groups is 1. The highest BCUT2D eigenvalue weighted by molar-refractivity contribution is 5.74. The van der Waals surface area contributed by atoms with Gasteiger partial charge < -0.3 is 10.8 Å². The van der Waals surface area contributed by atoms with E-state index in [1.165, 1.54) is 11.1 Å². The van der Waals surface area contributed by atoms with E-state index < -0.39 is 6.03 Å². The van der Waals surface area contributed by atoms with E-state index in [9.17, 15) is 4.79 Å². The highest BCUT2D eigenvalue weighted by Gasteiger charge is 2.17. The topological polar surface area (TPSA) is 66.6 Å². The number of primary amides is 1. The third-order valence-electron chi connectivity index (χ3n) is 0.920. The summed E-state index contributed by atoms with van der Waals surface area (Å²) in [6, 6.07) is -0.525. The van der Waals surface area contributed by atoms with Crippen LogP contribution in [-0.2, 0) is 0 Å². The molecule has 1 rings (SSSR count). The van der Waals surface area contributed by atoms with Crippen LogP contribution in [0.1, 0.15) is 0 Å². The van der Waals surface area contributed by atoms with E-state index in [1.54, 1.807) is 0 Å². The van der Waals surface area contributed by atoms with Gasteiger partial charge in [0.25, 0.3) is 0 Å². The predicted molar refractivity (Wildman–Crippen MR) is 27.0 cm³/mol. The van der Waals surface area contributed by atoms with Crippen LogP contribution < -0.4 is 5.73 Å². The summed E-state index contributed by atoms with van der Waals surface area (Å²) in [6.07, 6.45) is 1.29. The molecule has 0 saturated carbocycles. The van der Waals surface area contributed by atoms with Crippen LogP contribution in [0.3, 0.4) is 0 Å². The van der Waals surface area contributed by atoms with Gasteiger partial charge in [-0.05, 0) is 0 Å². The van der Waals surface area contributed by atoms with Crippen LogP contribution >= 0.6 is 0 Å². The van der Waals surface area contributed by atoms with Crippen LogP contribution in [-0.4, -0.2) is 22.6 Å². The van der Waals surface area contributed by atoms with Gasteiger partial charge in [0.15, 0.2) is 0 Å². The summed E-state index contributed by atoms with van der Waals surface area (Å²) in [5.74, 6) is 0.198. The first-order chi connectivity index (χ1) is 3.70. The standard InChI is InChI=1S/C4H6N2O2/c5-4(8)6-1-3(7)2-6/h1,7H,2H2,(H2,5,8). The zero-order chi connectivity index (χ0) is 6.15. The molecule has 1 aliphatic rings. The van der Waals surface area contributed by atoms with E-state index >= 15 is 0 Å². The first-order valence-electron chi connectivity index (χ1n) is 2.16. The fourth-order valence-electron chi connectivity index (χ4n) is 0.470. The van der Waals surface area contributed by atoms with Crippen molar-refractivity contribution in [3.63, 3.8) is 0 Å². The number of rotatable bonds is 0. The van der Waals surface area contributed by atoms with Crippen LogP contribution in [0.25, 0.3) is 0 Å². The molecule has 0 aliphatic carbocycles. The summed E-state index contributed by atoms with van der Waals surface area (Å²) in [6.45, 7) is 0.259. The average molecular weight is 114 g/mol. The van der Waals surface area contributed by atoms with Gasteiger partial charge in [-0.1, -0.05) is 0 Å². The molecule has 44 valence electrons. The van der Waals surface area contributed by atoms with Crippen LogP contribution in [0.15, 0.2) is 12.0 Å². The molecule has 0 atom stereocenters. The number of aliphatic hydroxyl groups excluding tert-OH is 1. The van der Waals surface area contributed by atoms with Gasteiger partial charge in [0.05, 0.1) is 6.54 Å². The fourth-order valence-corrected chi connectivity index (χ4v) is 0.470. The summed E-state index contributed by atoms with van der Waals surface area (Å²) in [4.78, 5) is 11.3. The zero-order valence-corrected chi connectivity index (χ0v) is 4.16. The third kappa shape index (κ3) is 0.598. The Hall–Kier alpha value is -1.19. The highest BCUT2D eigenvalue weighted by Crippen LogP contribution is 2.07. The fraction of sp³-hybridized carbons (Fsp3) is 0.250. The predicted octanol–water partition coefficient (Wildman–Crippen LogP) is -0.220. The van der Waals surface area contributed by atoms with E-state index in [2.05, 4.69) is 0 Å². The highest BCUT2D eigenvalue weighted by atomic mass is 16.3. The minimum absolute atomic E-state index is 0.198. The van der Waals surface area contributed by atoms with E-state index in [4.69, 9.17) is 10.8 Å². The molecule has 0 bridgehead atoms. The molecular weight excluding hydrogens is 108 g/mol. The van der Waals surface area contributed by atoms with E-state index in [0.29, 0.717) is 0 Å². The normalized spacial score (nSPS) is 17.0. The lowest BCUT2D eigenvalue weighted by molar-refractivity contribution is 0.205. The molecule has 1 heterocycles. The molecule has 1 aliphatic heterocycles. The Kier molecular flexibility index (Phi) is 0.865. The maximum Gasteiger partial charge on any atom is 0.319 e. The second kappa shape index (κ2) is 1.40. The van der Waals surface area contributed by atoms with Crippen molar-refractivity contribution < 1.29 is 9.90 Å². The SMILES string of the molecule is NC(=O)N1C=C(O)C1. The van der Waals surface area contributed by atoms with E-state index in [-0.39, 0.29) is 12.3 Å². The maximum atomic E-state index is 10.1. The summed E-state index contributed by atoms with van der Waals surface area (Å²) in [7, 11) is 0. The Morgan fingerprint density at radius 1 is 2.00 bits per heavy atom. The van der Waals surface area contributed by atoms with Crippen molar-refractivity contribution >= 4 is 6.03 Å². The molecule has 8 heavy (non-hydrogen) atoms. The smallest absolute Gasteiger partial charge is 0.319 e. The Balaban J connectivity index is 2.48. The van der Waals surface area contributed by atoms with Crippen molar-refractivity contribution in [3.05, 3.63) is 12.0 Å². The number of nitrogens with two attached hydrogens (primary N) is 1. The van der Waals surface area contributed by atoms with Gasteiger partial charge in [0.2, 0.25) is 0 Å². The maximum absolute atomic E-state index is 10.1. The van der Waals surface area contributed by atoms with Crippen LogP contribution in [0, 0.1) is 0 Å².